The highest BCUT2D eigenvalue weighted by atomic mass is 79.9. The number of anilines is 1. The maximum absolute atomic E-state index is 13.5. The summed E-state index contributed by atoms with van der Waals surface area (Å²) in [4.78, 5) is 12.3. The van der Waals surface area contributed by atoms with E-state index in [0.29, 0.717) is 14.9 Å². The van der Waals surface area contributed by atoms with E-state index in [1.807, 2.05) is 0 Å². The van der Waals surface area contributed by atoms with Crippen LogP contribution in [0.25, 0.3) is 0 Å². The van der Waals surface area contributed by atoms with Gasteiger partial charge in [0, 0.05) is 6.07 Å². The number of thiophene rings is 1. The van der Waals surface area contributed by atoms with Crippen molar-refractivity contribution in [2.24, 2.45) is 0 Å². The number of hydrogen-bond acceptors (Lipinski definition) is 3. The molecular weight excluding hydrogens is 348 g/mol. The van der Waals surface area contributed by atoms with Crippen molar-refractivity contribution in [2.45, 2.75) is 0 Å². The molecule has 1 aromatic heterocycles. The molecule has 0 saturated carbocycles. The van der Waals surface area contributed by atoms with Crippen LogP contribution in [0.1, 0.15) is 15.2 Å². The number of hydrogen-bond donors (Lipinski definition) is 1. The molecule has 18 heavy (non-hydrogen) atoms. The summed E-state index contributed by atoms with van der Waals surface area (Å²) in [5, 5.41) is 0.360. The van der Waals surface area contributed by atoms with Crippen molar-refractivity contribution in [3.8, 4) is 0 Å². The van der Waals surface area contributed by atoms with Crippen LogP contribution >= 0.6 is 38.9 Å². The average molecular weight is 353 g/mol. The van der Waals surface area contributed by atoms with Crippen molar-refractivity contribution < 1.29 is 13.6 Å². The average Bonchev–Trinajstić information content (AvgIpc) is 2.63. The second-order valence-corrected chi connectivity index (χ2v) is 6.19. The Morgan fingerprint density at radius 2 is 1.94 bits per heavy atom. The highest BCUT2D eigenvalue weighted by Gasteiger charge is 2.19. The summed E-state index contributed by atoms with van der Waals surface area (Å²) < 4.78 is 27.1. The summed E-state index contributed by atoms with van der Waals surface area (Å²) in [5.74, 6) is -2.43. The van der Waals surface area contributed by atoms with E-state index in [1.54, 1.807) is 0 Å². The lowest BCUT2D eigenvalue weighted by Gasteiger charge is -2.03. The summed E-state index contributed by atoms with van der Waals surface area (Å²) in [5.41, 5.74) is 4.76. The van der Waals surface area contributed by atoms with Crippen molar-refractivity contribution in [1.82, 2.24) is 0 Å². The predicted octanol–water partition coefficient (Wildman–Crippen LogP) is 4.26. The molecule has 0 radical (unpaired) electrons. The highest BCUT2D eigenvalue weighted by Crippen LogP contribution is 2.33. The molecule has 0 fully saturated rings. The molecule has 2 N–H and O–H groups in total. The topological polar surface area (TPSA) is 43.1 Å². The number of halogens is 4. The lowest BCUT2D eigenvalue weighted by molar-refractivity contribution is 0.103. The van der Waals surface area contributed by atoms with Crippen LogP contribution in [0.2, 0.25) is 5.02 Å². The minimum absolute atomic E-state index is 0.247. The normalized spacial score (nSPS) is 10.7. The Bertz CT molecular complexity index is 625. The lowest BCUT2D eigenvalue weighted by atomic mass is 10.1. The molecule has 0 unspecified atom stereocenters. The third kappa shape index (κ3) is 2.41. The molecule has 0 saturated heterocycles. The second kappa shape index (κ2) is 4.95. The number of carbonyl (C=O) groups excluding carboxylic acids is 1. The number of rotatable bonds is 2. The molecule has 0 bridgehead atoms. The Kier molecular flexibility index (Phi) is 3.70. The number of carbonyl (C=O) groups is 1. The van der Waals surface area contributed by atoms with Gasteiger partial charge in [0.25, 0.3) is 0 Å². The maximum Gasteiger partial charge on any atom is 0.206 e. The van der Waals surface area contributed by atoms with Gasteiger partial charge in [0.2, 0.25) is 5.78 Å². The fourth-order valence-electron chi connectivity index (χ4n) is 1.33. The molecule has 2 nitrogen and oxygen atoms in total. The van der Waals surface area contributed by atoms with Crippen molar-refractivity contribution in [3.63, 3.8) is 0 Å². The van der Waals surface area contributed by atoms with E-state index < -0.39 is 17.4 Å². The zero-order valence-electron chi connectivity index (χ0n) is 8.64. The van der Waals surface area contributed by atoms with Crippen molar-refractivity contribution in [1.29, 1.82) is 0 Å². The molecule has 0 aliphatic carbocycles. The maximum atomic E-state index is 13.5. The van der Waals surface area contributed by atoms with Crippen LogP contribution in [-0.2, 0) is 0 Å². The summed E-state index contributed by atoms with van der Waals surface area (Å²) in [6, 6.07) is 2.99. The number of nitrogen functional groups attached to an aromatic ring is 1. The Morgan fingerprint density at radius 1 is 1.28 bits per heavy atom. The smallest absolute Gasteiger partial charge is 0.206 e. The summed E-state index contributed by atoms with van der Waals surface area (Å²) in [7, 11) is 0. The molecule has 0 aliphatic rings. The van der Waals surface area contributed by atoms with Gasteiger partial charge in [0.1, 0.15) is 11.6 Å². The highest BCUT2D eigenvalue weighted by molar-refractivity contribution is 9.11. The fourth-order valence-corrected chi connectivity index (χ4v) is 2.99. The Morgan fingerprint density at radius 3 is 2.50 bits per heavy atom. The molecule has 7 heteroatoms. The van der Waals surface area contributed by atoms with Gasteiger partial charge in [-0.1, -0.05) is 11.6 Å². The summed E-state index contributed by atoms with van der Waals surface area (Å²) >= 11 is 10.0. The third-order valence-electron chi connectivity index (χ3n) is 2.20. The SMILES string of the molecule is Nc1cc(C(=O)c2cc(Cl)c(Br)s2)c(F)cc1F. The van der Waals surface area contributed by atoms with Crippen molar-refractivity contribution in [2.75, 3.05) is 5.73 Å². The quantitative estimate of drug-likeness (QED) is 0.648. The molecule has 0 atom stereocenters. The monoisotopic (exact) mass is 351 g/mol. The Labute approximate surface area is 118 Å². The fraction of sp³-hybridized carbons (Fsp3) is 0. The molecule has 2 rings (SSSR count). The van der Waals surface area contributed by atoms with E-state index in [1.165, 1.54) is 6.07 Å². The van der Waals surface area contributed by atoms with Crippen LogP contribution in [0.5, 0.6) is 0 Å². The number of benzene rings is 1. The first-order valence-electron chi connectivity index (χ1n) is 4.64. The molecule has 1 heterocycles. The molecule has 0 spiro atoms. The van der Waals surface area contributed by atoms with Crippen molar-refractivity contribution >= 4 is 50.3 Å². The Hall–Kier alpha value is -0.980. The van der Waals surface area contributed by atoms with Crippen molar-refractivity contribution in [3.05, 3.63) is 49.1 Å². The van der Waals surface area contributed by atoms with E-state index in [4.69, 9.17) is 17.3 Å². The van der Waals surface area contributed by atoms with E-state index in [-0.39, 0.29) is 16.1 Å². The standard InChI is InChI=1S/C11H5BrClF2NOS/c12-11-5(13)2-9(18-11)10(17)4-1-8(16)7(15)3-6(4)14/h1-3H,16H2. The first-order valence-corrected chi connectivity index (χ1v) is 6.63. The zero-order chi connectivity index (χ0) is 13.4. The Balaban J connectivity index is 2.49. The number of ketones is 1. The number of nitrogens with two attached hydrogens (primary N) is 1. The van der Waals surface area contributed by atoms with Gasteiger partial charge in [-0.15, -0.1) is 11.3 Å². The van der Waals surface area contributed by atoms with E-state index in [0.717, 1.165) is 17.4 Å². The molecule has 0 aliphatic heterocycles. The van der Waals surface area contributed by atoms with E-state index in [2.05, 4.69) is 15.9 Å². The minimum Gasteiger partial charge on any atom is -0.396 e. The van der Waals surface area contributed by atoms with Gasteiger partial charge in [0.15, 0.2) is 0 Å². The second-order valence-electron chi connectivity index (χ2n) is 3.41. The molecule has 0 amide bonds. The molecular formula is C11H5BrClF2NOS. The largest absolute Gasteiger partial charge is 0.396 e. The van der Waals surface area contributed by atoms with Crippen LogP contribution < -0.4 is 5.73 Å². The van der Waals surface area contributed by atoms with Crippen LogP contribution in [0.3, 0.4) is 0 Å². The zero-order valence-corrected chi connectivity index (χ0v) is 11.8. The van der Waals surface area contributed by atoms with Gasteiger partial charge in [0.05, 0.1) is 24.9 Å². The van der Waals surface area contributed by atoms with Gasteiger partial charge in [-0.2, -0.15) is 0 Å². The third-order valence-corrected chi connectivity index (χ3v) is 4.67. The molecule has 94 valence electrons. The lowest BCUT2D eigenvalue weighted by Crippen LogP contribution is -2.05. The summed E-state index contributed by atoms with van der Waals surface area (Å²) in [6.45, 7) is 0. The van der Waals surface area contributed by atoms with E-state index in [9.17, 15) is 13.6 Å². The van der Waals surface area contributed by atoms with Crippen LogP contribution in [-0.4, -0.2) is 5.78 Å². The van der Waals surface area contributed by atoms with Crippen LogP contribution in [0.15, 0.2) is 22.0 Å². The van der Waals surface area contributed by atoms with Gasteiger partial charge in [-0.05, 0) is 28.1 Å². The first kappa shape index (κ1) is 13.5. The van der Waals surface area contributed by atoms with E-state index >= 15 is 0 Å². The minimum atomic E-state index is -0.952. The molecule has 2 aromatic rings. The van der Waals surface area contributed by atoms with Crippen LogP contribution in [0.4, 0.5) is 14.5 Å². The summed E-state index contributed by atoms with van der Waals surface area (Å²) in [6.07, 6.45) is 0. The van der Waals surface area contributed by atoms with Gasteiger partial charge in [-0.3, -0.25) is 4.79 Å². The van der Waals surface area contributed by atoms with Gasteiger partial charge in [-0.25, -0.2) is 8.78 Å². The van der Waals surface area contributed by atoms with Gasteiger partial charge < -0.3 is 5.73 Å². The first-order chi connectivity index (χ1) is 8.40. The van der Waals surface area contributed by atoms with Crippen LogP contribution in [0, 0.1) is 11.6 Å². The molecule has 1 aromatic carbocycles. The van der Waals surface area contributed by atoms with Gasteiger partial charge >= 0.3 is 0 Å². The predicted molar refractivity (Wildman–Crippen MR) is 71.2 cm³/mol.